The van der Waals surface area contributed by atoms with E-state index in [1.54, 1.807) is 0 Å². The molecule has 2 aliphatic rings. The molecule has 0 atom stereocenters. The van der Waals surface area contributed by atoms with E-state index in [4.69, 9.17) is 5.73 Å². The minimum atomic E-state index is -0.248. The van der Waals surface area contributed by atoms with Crippen LogP contribution in [0.3, 0.4) is 0 Å². The standard InChI is InChI=1S/C11H18N4/c12-11(6-2-1-3-7-11)10-13-9(14-15-10)8-4-5-8/h8H,1-7,12H2,(H,13,14,15). The van der Waals surface area contributed by atoms with Crippen molar-refractivity contribution in [3.05, 3.63) is 11.6 Å². The molecule has 3 N–H and O–H groups in total. The van der Waals surface area contributed by atoms with Crippen LogP contribution in [0.4, 0.5) is 0 Å². The first-order valence-corrected chi connectivity index (χ1v) is 6.00. The largest absolute Gasteiger partial charge is 0.319 e. The number of nitrogens with one attached hydrogen (secondary N) is 1. The van der Waals surface area contributed by atoms with Gasteiger partial charge in [0.25, 0.3) is 0 Å². The summed E-state index contributed by atoms with van der Waals surface area (Å²) in [5.41, 5.74) is 6.12. The van der Waals surface area contributed by atoms with Crippen LogP contribution in [0, 0.1) is 0 Å². The third-order valence-electron chi connectivity index (χ3n) is 3.66. The lowest BCUT2D eigenvalue weighted by atomic mass is 9.82. The monoisotopic (exact) mass is 206 g/mol. The Labute approximate surface area is 89.7 Å². The van der Waals surface area contributed by atoms with Crippen molar-refractivity contribution in [1.29, 1.82) is 0 Å². The lowest BCUT2D eigenvalue weighted by Crippen LogP contribution is -2.39. The molecular formula is C11H18N4. The molecule has 0 saturated heterocycles. The van der Waals surface area contributed by atoms with E-state index in [0.29, 0.717) is 5.92 Å². The van der Waals surface area contributed by atoms with Gasteiger partial charge in [-0.3, -0.25) is 5.10 Å². The fraction of sp³-hybridized carbons (Fsp3) is 0.818. The Morgan fingerprint density at radius 3 is 2.60 bits per heavy atom. The molecule has 0 aromatic carbocycles. The van der Waals surface area contributed by atoms with Gasteiger partial charge in [0.1, 0.15) is 5.82 Å². The quantitative estimate of drug-likeness (QED) is 0.775. The van der Waals surface area contributed by atoms with Gasteiger partial charge in [-0.2, -0.15) is 5.10 Å². The first-order valence-electron chi connectivity index (χ1n) is 6.00. The van der Waals surface area contributed by atoms with E-state index >= 15 is 0 Å². The minimum Gasteiger partial charge on any atom is -0.319 e. The Morgan fingerprint density at radius 1 is 1.20 bits per heavy atom. The number of hydrogen-bond acceptors (Lipinski definition) is 3. The second-order valence-corrected chi connectivity index (χ2v) is 5.04. The molecule has 0 amide bonds. The van der Waals surface area contributed by atoms with Crippen molar-refractivity contribution in [2.45, 2.75) is 56.4 Å². The summed E-state index contributed by atoms with van der Waals surface area (Å²) in [6.45, 7) is 0. The molecule has 2 aliphatic carbocycles. The Hall–Kier alpha value is -0.900. The Morgan fingerprint density at radius 2 is 1.93 bits per heavy atom. The maximum Gasteiger partial charge on any atom is 0.170 e. The molecule has 0 spiro atoms. The molecule has 0 bridgehead atoms. The molecule has 4 nitrogen and oxygen atoms in total. The molecule has 15 heavy (non-hydrogen) atoms. The number of nitrogens with two attached hydrogens (primary N) is 1. The molecule has 1 aromatic heterocycles. The summed E-state index contributed by atoms with van der Waals surface area (Å²) < 4.78 is 0. The van der Waals surface area contributed by atoms with Crippen molar-refractivity contribution in [3.63, 3.8) is 0 Å². The van der Waals surface area contributed by atoms with E-state index in [9.17, 15) is 0 Å². The minimum absolute atomic E-state index is 0.248. The average Bonchev–Trinajstić information content (AvgIpc) is 2.97. The summed E-state index contributed by atoms with van der Waals surface area (Å²) in [5.74, 6) is 2.54. The predicted molar refractivity (Wildman–Crippen MR) is 57.3 cm³/mol. The van der Waals surface area contributed by atoms with Crippen molar-refractivity contribution >= 4 is 0 Å². The fourth-order valence-electron chi connectivity index (χ4n) is 2.44. The van der Waals surface area contributed by atoms with Gasteiger partial charge in [-0.05, 0) is 25.7 Å². The normalized spacial score (nSPS) is 25.4. The van der Waals surface area contributed by atoms with Crippen LogP contribution in [0.25, 0.3) is 0 Å². The number of rotatable bonds is 2. The van der Waals surface area contributed by atoms with E-state index < -0.39 is 0 Å². The van der Waals surface area contributed by atoms with Crippen LogP contribution in [0.5, 0.6) is 0 Å². The molecule has 1 aromatic rings. The van der Waals surface area contributed by atoms with Crippen molar-refractivity contribution in [2.75, 3.05) is 0 Å². The van der Waals surface area contributed by atoms with Crippen LogP contribution < -0.4 is 5.73 Å². The maximum absolute atomic E-state index is 6.37. The lowest BCUT2D eigenvalue weighted by Gasteiger charge is -2.30. The molecule has 3 rings (SSSR count). The van der Waals surface area contributed by atoms with Crippen LogP contribution in [-0.4, -0.2) is 15.2 Å². The number of H-pyrrole nitrogens is 1. The molecule has 2 saturated carbocycles. The molecule has 2 fully saturated rings. The average molecular weight is 206 g/mol. The summed E-state index contributed by atoms with van der Waals surface area (Å²) in [6, 6.07) is 0. The number of aromatic nitrogens is 3. The van der Waals surface area contributed by atoms with Gasteiger partial charge in [0.2, 0.25) is 0 Å². The van der Waals surface area contributed by atoms with Crippen LogP contribution in [0.2, 0.25) is 0 Å². The molecule has 0 radical (unpaired) electrons. The molecule has 1 heterocycles. The van der Waals surface area contributed by atoms with Crippen LogP contribution in [0.15, 0.2) is 0 Å². The van der Waals surface area contributed by atoms with Crippen molar-refractivity contribution in [3.8, 4) is 0 Å². The van der Waals surface area contributed by atoms with Crippen molar-refractivity contribution < 1.29 is 0 Å². The zero-order valence-electron chi connectivity index (χ0n) is 9.00. The van der Waals surface area contributed by atoms with E-state index in [-0.39, 0.29) is 5.54 Å². The predicted octanol–water partition coefficient (Wildman–Crippen LogP) is 1.80. The fourth-order valence-corrected chi connectivity index (χ4v) is 2.44. The second-order valence-electron chi connectivity index (χ2n) is 5.04. The second kappa shape index (κ2) is 3.30. The van der Waals surface area contributed by atoms with E-state index in [0.717, 1.165) is 24.5 Å². The zero-order valence-corrected chi connectivity index (χ0v) is 9.00. The first-order chi connectivity index (χ1) is 7.28. The number of aromatic amines is 1. The van der Waals surface area contributed by atoms with Crippen LogP contribution in [-0.2, 0) is 5.54 Å². The highest BCUT2D eigenvalue weighted by atomic mass is 15.2. The van der Waals surface area contributed by atoms with E-state index in [1.165, 1.54) is 32.1 Å². The Kier molecular flexibility index (Phi) is 2.06. The Bertz CT molecular complexity index is 347. The van der Waals surface area contributed by atoms with Gasteiger partial charge in [0, 0.05) is 5.92 Å². The molecule has 4 heteroatoms. The van der Waals surface area contributed by atoms with Gasteiger partial charge < -0.3 is 5.73 Å². The molecular weight excluding hydrogens is 188 g/mol. The van der Waals surface area contributed by atoms with Gasteiger partial charge in [0.15, 0.2) is 5.82 Å². The third kappa shape index (κ3) is 1.67. The van der Waals surface area contributed by atoms with Gasteiger partial charge >= 0.3 is 0 Å². The summed E-state index contributed by atoms with van der Waals surface area (Å²) in [7, 11) is 0. The topological polar surface area (TPSA) is 67.6 Å². The molecule has 0 aliphatic heterocycles. The summed E-state index contributed by atoms with van der Waals surface area (Å²) >= 11 is 0. The lowest BCUT2D eigenvalue weighted by molar-refractivity contribution is 0.287. The Balaban J connectivity index is 1.83. The molecule has 0 unspecified atom stereocenters. The van der Waals surface area contributed by atoms with Gasteiger partial charge in [-0.15, -0.1) is 0 Å². The summed E-state index contributed by atoms with van der Waals surface area (Å²) in [4.78, 5) is 4.58. The summed E-state index contributed by atoms with van der Waals surface area (Å²) in [5, 5.41) is 7.36. The molecule has 82 valence electrons. The van der Waals surface area contributed by atoms with Crippen molar-refractivity contribution in [2.24, 2.45) is 5.73 Å². The van der Waals surface area contributed by atoms with E-state index in [1.807, 2.05) is 0 Å². The number of nitrogens with zero attached hydrogens (tertiary/aromatic N) is 2. The van der Waals surface area contributed by atoms with E-state index in [2.05, 4.69) is 15.2 Å². The van der Waals surface area contributed by atoms with Gasteiger partial charge in [0.05, 0.1) is 5.54 Å². The van der Waals surface area contributed by atoms with Crippen molar-refractivity contribution in [1.82, 2.24) is 15.2 Å². The van der Waals surface area contributed by atoms with Gasteiger partial charge in [-0.1, -0.05) is 19.3 Å². The van der Waals surface area contributed by atoms with Crippen LogP contribution >= 0.6 is 0 Å². The number of hydrogen-bond donors (Lipinski definition) is 2. The maximum atomic E-state index is 6.37. The zero-order chi connectivity index (χ0) is 10.3. The SMILES string of the molecule is NC1(c2n[nH]c(C3CC3)n2)CCCCC1. The summed E-state index contributed by atoms with van der Waals surface area (Å²) in [6.07, 6.45) is 8.31. The van der Waals surface area contributed by atoms with Crippen LogP contribution in [0.1, 0.15) is 62.5 Å². The highest BCUT2D eigenvalue weighted by molar-refractivity contribution is 5.11. The third-order valence-corrected chi connectivity index (χ3v) is 3.66. The van der Waals surface area contributed by atoms with Gasteiger partial charge in [-0.25, -0.2) is 4.98 Å². The highest BCUT2D eigenvalue weighted by Crippen LogP contribution is 2.39. The highest BCUT2D eigenvalue weighted by Gasteiger charge is 2.35. The first kappa shape index (κ1) is 9.33. The smallest absolute Gasteiger partial charge is 0.170 e.